The Balaban J connectivity index is 2.21. The van der Waals surface area contributed by atoms with Gasteiger partial charge < -0.3 is 10.4 Å². The smallest absolute Gasteiger partial charge is 0.0629 e. The van der Waals surface area contributed by atoms with E-state index in [1.54, 1.807) is 0 Å². The van der Waals surface area contributed by atoms with Gasteiger partial charge in [-0.15, -0.1) is 0 Å². The van der Waals surface area contributed by atoms with Gasteiger partial charge in [0.1, 0.15) is 0 Å². The van der Waals surface area contributed by atoms with Gasteiger partial charge in [0.05, 0.1) is 12.6 Å². The van der Waals surface area contributed by atoms with Crippen LogP contribution in [0.3, 0.4) is 0 Å². The number of nitrogens with zero attached hydrogens (tertiary/aromatic N) is 1. The fraction of sp³-hybridized carbons (Fsp3) is 0.500. The van der Waals surface area contributed by atoms with Gasteiger partial charge in [0.15, 0.2) is 0 Å². The molecule has 2 rings (SSSR count). The maximum absolute atomic E-state index is 9.59. The van der Waals surface area contributed by atoms with Crippen molar-refractivity contribution >= 4 is 27.5 Å². The third kappa shape index (κ3) is 3.20. The fourth-order valence-electron chi connectivity index (χ4n) is 2.18. The molecule has 1 aliphatic rings. The van der Waals surface area contributed by atoms with Crippen LogP contribution in [0.1, 0.15) is 11.6 Å². The Bertz CT molecular complexity index is 383. The van der Waals surface area contributed by atoms with Crippen LogP contribution in [-0.4, -0.2) is 42.8 Å². The maximum atomic E-state index is 9.59. The summed E-state index contributed by atoms with van der Waals surface area (Å²) < 4.78 is 0.961. The van der Waals surface area contributed by atoms with Crippen molar-refractivity contribution in [3.8, 4) is 0 Å². The number of benzene rings is 1. The van der Waals surface area contributed by atoms with Crippen molar-refractivity contribution in [2.24, 2.45) is 0 Å². The molecule has 1 unspecified atom stereocenters. The minimum Gasteiger partial charge on any atom is -0.394 e. The average molecular weight is 320 g/mol. The zero-order valence-electron chi connectivity index (χ0n) is 9.50. The van der Waals surface area contributed by atoms with E-state index in [9.17, 15) is 5.11 Å². The van der Waals surface area contributed by atoms with Crippen LogP contribution in [0, 0.1) is 0 Å². The van der Waals surface area contributed by atoms with Crippen LogP contribution in [0.4, 0.5) is 0 Å². The van der Waals surface area contributed by atoms with Gasteiger partial charge in [-0.25, -0.2) is 0 Å². The van der Waals surface area contributed by atoms with E-state index in [4.69, 9.17) is 11.6 Å². The molecule has 0 saturated carbocycles. The molecule has 3 nitrogen and oxygen atoms in total. The van der Waals surface area contributed by atoms with E-state index < -0.39 is 0 Å². The van der Waals surface area contributed by atoms with E-state index in [0.29, 0.717) is 5.02 Å². The highest BCUT2D eigenvalue weighted by Crippen LogP contribution is 2.29. The van der Waals surface area contributed by atoms with Gasteiger partial charge in [0.25, 0.3) is 0 Å². The maximum Gasteiger partial charge on any atom is 0.0629 e. The summed E-state index contributed by atoms with van der Waals surface area (Å²) in [4.78, 5) is 2.27. The molecule has 2 N–H and O–H groups in total. The highest BCUT2D eigenvalue weighted by Gasteiger charge is 2.23. The molecule has 1 saturated heterocycles. The number of aliphatic hydroxyl groups is 1. The van der Waals surface area contributed by atoms with E-state index in [-0.39, 0.29) is 12.6 Å². The highest BCUT2D eigenvalue weighted by molar-refractivity contribution is 9.10. The second kappa shape index (κ2) is 6.16. The topological polar surface area (TPSA) is 35.5 Å². The summed E-state index contributed by atoms with van der Waals surface area (Å²) in [5.74, 6) is 0. The number of aliphatic hydroxyl groups excluding tert-OH is 1. The number of hydrogen-bond donors (Lipinski definition) is 2. The van der Waals surface area contributed by atoms with Gasteiger partial charge in [0.2, 0.25) is 0 Å². The number of hydrogen-bond acceptors (Lipinski definition) is 3. The van der Waals surface area contributed by atoms with Gasteiger partial charge in [-0.05, 0) is 17.7 Å². The van der Waals surface area contributed by atoms with Crippen LogP contribution < -0.4 is 5.32 Å². The summed E-state index contributed by atoms with van der Waals surface area (Å²) in [6.45, 7) is 3.91. The van der Waals surface area contributed by atoms with Crippen molar-refractivity contribution < 1.29 is 5.11 Å². The molecular weight excluding hydrogens is 304 g/mol. The van der Waals surface area contributed by atoms with Crippen molar-refractivity contribution in [3.05, 3.63) is 33.3 Å². The van der Waals surface area contributed by atoms with Crippen molar-refractivity contribution in [2.45, 2.75) is 6.04 Å². The van der Waals surface area contributed by atoms with Crippen LogP contribution in [0.5, 0.6) is 0 Å². The predicted octanol–water partition coefficient (Wildman–Crippen LogP) is 2.04. The molecule has 0 aromatic heterocycles. The normalized spacial score (nSPS) is 19.2. The first kappa shape index (κ1) is 13.3. The molecule has 17 heavy (non-hydrogen) atoms. The molecule has 94 valence electrons. The highest BCUT2D eigenvalue weighted by atomic mass is 79.9. The Hall–Kier alpha value is -0.130. The van der Waals surface area contributed by atoms with E-state index in [2.05, 4.69) is 26.1 Å². The first-order valence-corrected chi connectivity index (χ1v) is 6.90. The van der Waals surface area contributed by atoms with Gasteiger partial charge >= 0.3 is 0 Å². The molecule has 1 atom stereocenters. The number of piperazine rings is 1. The van der Waals surface area contributed by atoms with Crippen molar-refractivity contribution in [2.75, 3.05) is 32.8 Å². The minimum atomic E-state index is -0.00213. The molecule has 1 aromatic carbocycles. The van der Waals surface area contributed by atoms with Gasteiger partial charge in [-0.2, -0.15) is 0 Å². The predicted molar refractivity (Wildman–Crippen MR) is 73.4 cm³/mol. The molecule has 0 bridgehead atoms. The summed E-state index contributed by atoms with van der Waals surface area (Å²) >= 11 is 9.63. The Morgan fingerprint density at radius 2 is 2.12 bits per heavy atom. The molecule has 1 fully saturated rings. The largest absolute Gasteiger partial charge is 0.394 e. The Morgan fingerprint density at radius 1 is 1.41 bits per heavy atom. The van der Waals surface area contributed by atoms with Crippen LogP contribution >= 0.6 is 27.5 Å². The average Bonchev–Trinajstić information content (AvgIpc) is 2.34. The quantitative estimate of drug-likeness (QED) is 0.895. The summed E-state index contributed by atoms with van der Waals surface area (Å²) in [6, 6.07) is 5.82. The van der Waals surface area contributed by atoms with E-state index in [1.165, 1.54) is 0 Å². The molecule has 1 aliphatic heterocycles. The number of nitrogens with one attached hydrogen (secondary N) is 1. The summed E-state index contributed by atoms with van der Waals surface area (Å²) in [5.41, 5.74) is 0.999. The van der Waals surface area contributed by atoms with Crippen LogP contribution in [0.2, 0.25) is 5.02 Å². The first-order chi connectivity index (χ1) is 8.22. The third-order valence-electron chi connectivity index (χ3n) is 3.09. The Kier molecular flexibility index (Phi) is 4.82. The molecule has 1 aromatic rings. The van der Waals surface area contributed by atoms with E-state index in [0.717, 1.165) is 36.2 Å². The molecular formula is C12H16BrClN2O. The lowest BCUT2D eigenvalue weighted by atomic mass is 10.1. The zero-order chi connectivity index (χ0) is 12.3. The summed E-state index contributed by atoms with van der Waals surface area (Å²) in [5, 5.41) is 13.6. The Labute approximate surface area is 115 Å². The minimum absolute atomic E-state index is 0.00213. The molecule has 0 amide bonds. The molecule has 5 heteroatoms. The van der Waals surface area contributed by atoms with Crippen LogP contribution in [-0.2, 0) is 0 Å². The Morgan fingerprint density at radius 3 is 2.71 bits per heavy atom. The first-order valence-electron chi connectivity index (χ1n) is 5.73. The number of rotatable bonds is 3. The SMILES string of the molecule is OCC(c1ccc(Br)cc1Cl)N1CCNCC1. The number of halogens is 2. The van der Waals surface area contributed by atoms with Crippen molar-refractivity contribution in [1.82, 2.24) is 10.2 Å². The van der Waals surface area contributed by atoms with Gasteiger partial charge in [-0.1, -0.05) is 33.6 Å². The lowest BCUT2D eigenvalue weighted by molar-refractivity contribution is 0.111. The lowest BCUT2D eigenvalue weighted by Crippen LogP contribution is -2.46. The fourth-order valence-corrected chi connectivity index (χ4v) is 2.98. The van der Waals surface area contributed by atoms with Crippen molar-refractivity contribution in [3.63, 3.8) is 0 Å². The third-order valence-corrected chi connectivity index (χ3v) is 3.91. The molecule has 0 radical (unpaired) electrons. The van der Waals surface area contributed by atoms with Crippen LogP contribution in [0.25, 0.3) is 0 Å². The second-order valence-electron chi connectivity index (χ2n) is 4.15. The zero-order valence-corrected chi connectivity index (χ0v) is 11.8. The second-order valence-corrected chi connectivity index (χ2v) is 5.47. The van der Waals surface area contributed by atoms with E-state index in [1.807, 2.05) is 18.2 Å². The molecule has 0 aliphatic carbocycles. The molecule has 1 heterocycles. The molecule has 0 spiro atoms. The lowest BCUT2D eigenvalue weighted by Gasteiger charge is -2.34. The van der Waals surface area contributed by atoms with Gasteiger partial charge in [0, 0.05) is 35.7 Å². The van der Waals surface area contributed by atoms with E-state index >= 15 is 0 Å². The summed E-state index contributed by atoms with van der Waals surface area (Å²) in [7, 11) is 0. The van der Waals surface area contributed by atoms with Crippen LogP contribution in [0.15, 0.2) is 22.7 Å². The standard InChI is InChI=1S/C12H16BrClN2O/c13-9-1-2-10(11(14)7-9)12(8-17)16-5-3-15-4-6-16/h1-2,7,12,15,17H,3-6,8H2. The van der Waals surface area contributed by atoms with Gasteiger partial charge in [-0.3, -0.25) is 4.90 Å². The summed E-state index contributed by atoms with van der Waals surface area (Å²) in [6.07, 6.45) is 0. The van der Waals surface area contributed by atoms with Crippen molar-refractivity contribution in [1.29, 1.82) is 0 Å². The monoisotopic (exact) mass is 318 g/mol.